The third-order valence-corrected chi connectivity index (χ3v) is 7.72. The molecule has 3 fully saturated rings. The zero-order valence-electron chi connectivity index (χ0n) is 20.1. The fourth-order valence-electron chi connectivity index (χ4n) is 5.92. The number of fused-ring (bicyclic) bond motifs is 1. The molecule has 2 aromatic rings. The maximum atomic E-state index is 13.0. The first-order valence-electron chi connectivity index (χ1n) is 12.6. The Morgan fingerprint density at radius 3 is 2.62 bits per heavy atom. The van der Waals surface area contributed by atoms with Gasteiger partial charge in [-0.05, 0) is 42.5 Å². The van der Waals surface area contributed by atoms with Crippen molar-refractivity contribution >= 4 is 5.91 Å². The lowest BCUT2D eigenvalue weighted by Crippen LogP contribution is -2.49. The van der Waals surface area contributed by atoms with Crippen LogP contribution in [-0.2, 0) is 20.8 Å². The van der Waals surface area contributed by atoms with Crippen LogP contribution in [0, 0.1) is 5.92 Å². The molecule has 182 valence electrons. The largest absolute Gasteiger partial charge is 0.497 e. The molecule has 34 heavy (non-hydrogen) atoms. The SMILES string of the molecule is COc1ccc([C@H]2CN(Cc3ccccc3)[C@@H]3CCN(C(=O)COC[C@@H]4CCCO4)C[C@H]23)cc1. The van der Waals surface area contributed by atoms with Gasteiger partial charge in [-0.25, -0.2) is 0 Å². The number of nitrogens with zero attached hydrogens (tertiary/aromatic N) is 2. The van der Waals surface area contributed by atoms with E-state index in [9.17, 15) is 4.79 Å². The van der Waals surface area contributed by atoms with Gasteiger partial charge in [0.15, 0.2) is 0 Å². The van der Waals surface area contributed by atoms with Gasteiger partial charge in [-0.2, -0.15) is 0 Å². The predicted molar refractivity (Wildman–Crippen MR) is 131 cm³/mol. The van der Waals surface area contributed by atoms with Gasteiger partial charge in [0.25, 0.3) is 0 Å². The molecule has 0 spiro atoms. The number of methoxy groups -OCH3 is 1. The number of hydrogen-bond acceptors (Lipinski definition) is 5. The van der Waals surface area contributed by atoms with E-state index in [2.05, 4.69) is 59.5 Å². The normalized spacial score (nSPS) is 27.0. The van der Waals surface area contributed by atoms with Crippen LogP contribution < -0.4 is 4.74 Å². The smallest absolute Gasteiger partial charge is 0.248 e. The van der Waals surface area contributed by atoms with E-state index in [1.54, 1.807) is 7.11 Å². The zero-order valence-corrected chi connectivity index (χ0v) is 20.1. The first-order chi connectivity index (χ1) is 16.7. The first-order valence-corrected chi connectivity index (χ1v) is 12.6. The summed E-state index contributed by atoms with van der Waals surface area (Å²) in [5, 5.41) is 0. The van der Waals surface area contributed by atoms with Crippen LogP contribution in [0.2, 0.25) is 0 Å². The van der Waals surface area contributed by atoms with Crippen LogP contribution in [0.15, 0.2) is 54.6 Å². The fraction of sp³-hybridized carbons (Fsp3) is 0.536. The van der Waals surface area contributed by atoms with Crippen LogP contribution in [0.1, 0.15) is 36.3 Å². The van der Waals surface area contributed by atoms with Crippen molar-refractivity contribution in [2.45, 2.75) is 43.9 Å². The number of ether oxygens (including phenoxy) is 3. The lowest BCUT2D eigenvalue weighted by atomic mass is 9.81. The Bertz CT molecular complexity index is 929. The minimum Gasteiger partial charge on any atom is -0.497 e. The Labute approximate surface area is 202 Å². The number of carbonyl (C=O) groups excluding carboxylic acids is 1. The molecule has 0 saturated carbocycles. The highest BCUT2D eigenvalue weighted by Crippen LogP contribution is 2.42. The lowest BCUT2D eigenvalue weighted by molar-refractivity contribution is -0.139. The van der Waals surface area contributed by atoms with E-state index >= 15 is 0 Å². The number of piperidine rings is 1. The Hall–Kier alpha value is -2.41. The van der Waals surface area contributed by atoms with E-state index in [1.807, 2.05) is 4.90 Å². The van der Waals surface area contributed by atoms with Crippen LogP contribution in [0.5, 0.6) is 5.75 Å². The Kier molecular flexibility index (Phi) is 7.48. The van der Waals surface area contributed by atoms with Gasteiger partial charge in [0.1, 0.15) is 12.4 Å². The highest BCUT2D eigenvalue weighted by atomic mass is 16.5. The standard InChI is InChI=1S/C28H36N2O4/c1-32-23-11-9-22(10-12-23)25-17-30(16-21-6-3-2-4-7-21)27-13-14-29(18-26(25)27)28(31)20-33-19-24-8-5-15-34-24/h2-4,6-7,9-12,24-27H,5,8,13-20H2,1H3/t24-,25+,26+,27+/m0/s1. The molecule has 4 atom stereocenters. The summed E-state index contributed by atoms with van der Waals surface area (Å²) in [6.07, 6.45) is 3.27. The Balaban J connectivity index is 1.27. The highest BCUT2D eigenvalue weighted by Gasteiger charge is 2.45. The van der Waals surface area contributed by atoms with Gasteiger partial charge < -0.3 is 19.1 Å². The second kappa shape index (κ2) is 10.9. The zero-order chi connectivity index (χ0) is 23.3. The molecule has 0 unspecified atom stereocenters. The van der Waals surface area contributed by atoms with Crippen LogP contribution >= 0.6 is 0 Å². The number of benzene rings is 2. The van der Waals surface area contributed by atoms with Crippen LogP contribution in [0.25, 0.3) is 0 Å². The van der Waals surface area contributed by atoms with Crippen molar-refractivity contribution in [1.82, 2.24) is 9.80 Å². The third kappa shape index (κ3) is 5.29. The lowest BCUT2D eigenvalue weighted by Gasteiger charge is -2.39. The van der Waals surface area contributed by atoms with Crippen molar-refractivity contribution in [3.63, 3.8) is 0 Å². The van der Waals surface area contributed by atoms with Crippen molar-refractivity contribution in [2.75, 3.05) is 46.6 Å². The van der Waals surface area contributed by atoms with Crippen molar-refractivity contribution < 1.29 is 19.0 Å². The summed E-state index contributed by atoms with van der Waals surface area (Å²) >= 11 is 0. The molecule has 5 rings (SSSR count). The van der Waals surface area contributed by atoms with Crippen LogP contribution in [0.3, 0.4) is 0 Å². The van der Waals surface area contributed by atoms with E-state index < -0.39 is 0 Å². The first kappa shape index (κ1) is 23.3. The third-order valence-electron chi connectivity index (χ3n) is 7.72. The summed E-state index contributed by atoms with van der Waals surface area (Å²) in [5.41, 5.74) is 2.67. The molecule has 2 aromatic carbocycles. The molecular formula is C28H36N2O4. The van der Waals surface area contributed by atoms with Gasteiger partial charge in [-0.3, -0.25) is 9.69 Å². The summed E-state index contributed by atoms with van der Waals surface area (Å²) < 4.78 is 16.7. The molecule has 0 N–H and O–H groups in total. The summed E-state index contributed by atoms with van der Waals surface area (Å²) in [6.45, 7) is 5.02. The summed E-state index contributed by atoms with van der Waals surface area (Å²) in [4.78, 5) is 17.6. The minimum absolute atomic E-state index is 0.103. The van der Waals surface area contributed by atoms with Crippen molar-refractivity contribution in [2.24, 2.45) is 5.92 Å². The van der Waals surface area contributed by atoms with Crippen molar-refractivity contribution in [1.29, 1.82) is 0 Å². The average Bonchev–Trinajstić information content (AvgIpc) is 3.53. The molecule has 3 saturated heterocycles. The van der Waals surface area contributed by atoms with Gasteiger partial charge in [0.2, 0.25) is 5.91 Å². The second-order valence-corrected chi connectivity index (χ2v) is 9.80. The minimum atomic E-state index is 0.103. The summed E-state index contributed by atoms with van der Waals surface area (Å²) in [5.74, 6) is 1.78. The number of carbonyl (C=O) groups is 1. The molecule has 6 heteroatoms. The van der Waals surface area contributed by atoms with Crippen LogP contribution in [-0.4, -0.2) is 74.4 Å². The van der Waals surface area contributed by atoms with Crippen molar-refractivity contribution in [3.05, 3.63) is 65.7 Å². The maximum Gasteiger partial charge on any atom is 0.248 e. The van der Waals surface area contributed by atoms with Gasteiger partial charge >= 0.3 is 0 Å². The quantitative estimate of drug-likeness (QED) is 0.596. The van der Waals surface area contributed by atoms with Crippen molar-refractivity contribution in [3.8, 4) is 5.75 Å². The summed E-state index contributed by atoms with van der Waals surface area (Å²) in [7, 11) is 1.70. The molecule has 0 radical (unpaired) electrons. The topological polar surface area (TPSA) is 51.2 Å². The van der Waals surface area contributed by atoms with Gasteiger partial charge in [-0.15, -0.1) is 0 Å². The van der Waals surface area contributed by atoms with E-state index in [4.69, 9.17) is 14.2 Å². The van der Waals surface area contributed by atoms with E-state index in [1.165, 1.54) is 11.1 Å². The molecule has 0 aromatic heterocycles. The molecule has 3 aliphatic heterocycles. The molecule has 3 aliphatic rings. The highest BCUT2D eigenvalue weighted by molar-refractivity contribution is 5.77. The van der Waals surface area contributed by atoms with E-state index in [-0.39, 0.29) is 18.6 Å². The molecule has 6 nitrogen and oxygen atoms in total. The monoisotopic (exact) mass is 464 g/mol. The number of likely N-dealkylation sites (tertiary alicyclic amines) is 2. The van der Waals surface area contributed by atoms with Crippen LogP contribution in [0.4, 0.5) is 0 Å². The molecule has 0 aliphatic carbocycles. The predicted octanol–water partition coefficient (Wildman–Crippen LogP) is 3.71. The van der Waals surface area contributed by atoms with Gasteiger partial charge in [0.05, 0.1) is 19.8 Å². The fourth-order valence-corrected chi connectivity index (χ4v) is 5.92. The number of hydrogen-bond donors (Lipinski definition) is 0. The molecular weight excluding hydrogens is 428 g/mol. The molecule has 3 heterocycles. The molecule has 0 bridgehead atoms. The average molecular weight is 465 g/mol. The van der Waals surface area contributed by atoms with Gasteiger partial charge in [0, 0.05) is 50.7 Å². The number of rotatable bonds is 8. The summed E-state index contributed by atoms with van der Waals surface area (Å²) in [6, 6.07) is 19.7. The van der Waals surface area contributed by atoms with E-state index in [0.29, 0.717) is 24.5 Å². The Morgan fingerprint density at radius 1 is 1.06 bits per heavy atom. The maximum absolute atomic E-state index is 13.0. The Morgan fingerprint density at radius 2 is 1.88 bits per heavy atom. The second-order valence-electron chi connectivity index (χ2n) is 9.80. The number of amides is 1. The van der Waals surface area contributed by atoms with Gasteiger partial charge in [-0.1, -0.05) is 42.5 Å². The molecule has 1 amide bonds. The van der Waals surface area contributed by atoms with E-state index in [0.717, 1.165) is 57.8 Å².